The van der Waals surface area contributed by atoms with Crippen LogP contribution >= 0.6 is 11.3 Å². The van der Waals surface area contributed by atoms with Gasteiger partial charge < -0.3 is 10.1 Å². The van der Waals surface area contributed by atoms with Gasteiger partial charge in [0.2, 0.25) is 0 Å². The first-order valence-corrected chi connectivity index (χ1v) is 9.98. The van der Waals surface area contributed by atoms with Gasteiger partial charge in [0.1, 0.15) is 5.54 Å². The van der Waals surface area contributed by atoms with Gasteiger partial charge in [-0.15, -0.1) is 11.3 Å². The number of nitrogens with zero attached hydrogens (tertiary/aromatic N) is 3. The van der Waals surface area contributed by atoms with E-state index < -0.39 is 24.0 Å². The zero-order valence-corrected chi connectivity index (χ0v) is 16.7. The average Bonchev–Trinajstić information content (AvgIpc) is 3.40. The first-order valence-electron chi connectivity index (χ1n) is 9.10. The van der Waals surface area contributed by atoms with Crippen LogP contribution in [0.25, 0.3) is 11.2 Å². The van der Waals surface area contributed by atoms with Gasteiger partial charge in [-0.2, -0.15) is 5.26 Å². The molecule has 1 aliphatic rings. The van der Waals surface area contributed by atoms with Gasteiger partial charge >= 0.3 is 5.97 Å². The van der Waals surface area contributed by atoms with Crippen molar-refractivity contribution in [3.05, 3.63) is 40.7 Å². The maximum Gasteiger partial charge on any atom is 0.331 e. The van der Waals surface area contributed by atoms with Crippen molar-refractivity contribution in [2.75, 3.05) is 6.61 Å². The third-order valence-corrected chi connectivity index (χ3v) is 5.63. The number of amides is 1. The van der Waals surface area contributed by atoms with Gasteiger partial charge in [0, 0.05) is 29.0 Å². The second-order valence-electron chi connectivity index (χ2n) is 6.87. The molecule has 1 aliphatic carbocycles. The monoisotopic (exact) mass is 398 g/mol. The summed E-state index contributed by atoms with van der Waals surface area (Å²) >= 11 is 1.54. The lowest BCUT2D eigenvalue weighted by atomic mass is 10.00. The Morgan fingerprint density at radius 2 is 2.18 bits per heavy atom. The Morgan fingerprint density at radius 1 is 1.43 bits per heavy atom. The van der Waals surface area contributed by atoms with E-state index in [9.17, 15) is 14.9 Å². The van der Waals surface area contributed by atoms with Crippen molar-refractivity contribution >= 4 is 29.3 Å². The quantitative estimate of drug-likeness (QED) is 0.596. The molecular weight excluding hydrogens is 376 g/mol. The third kappa shape index (κ3) is 4.31. The fraction of sp³-hybridized carbons (Fsp3) is 0.400. The van der Waals surface area contributed by atoms with Crippen molar-refractivity contribution in [1.82, 2.24) is 14.9 Å². The lowest BCUT2D eigenvalue weighted by Gasteiger charge is -2.21. The molecule has 0 aliphatic heterocycles. The Hall–Kier alpha value is -2.92. The van der Waals surface area contributed by atoms with Gasteiger partial charge in [-0.25, -0.2) is 9.78 Å². The van der Waals surface area contributed by atoms with Crippen molar-refractivity contribution in [3.63, 3.8) is 0 Å². The number of esters is 1. The molecule has 146 valence electrons. The summed E-state index contributed by atoms with van der Waals surface area (Å²) in [5.74, 6) is -1.06. The van der Waals surface area contributed by atoms with E-state index in [0.717, 1.165) is 34.9 Å². The molecule has 28 heavy (non-hydrogen) atoms. The molecule has 0 bridgehead atoms. The molecule has 3 rings (SSSR count). The van der Waals surface area contributed by atoms with Crippen LogP contribution in [0, 0.1) is 25.2 Å². The normalized spacial score (nSPS) is 15.5. The van der Waals surface area contributed by atoms with Crippen LogP contribution in [0.3, 0.4) is 0 Å². The molecule has 0 radical (unpaired) electrons. The van der Waals surface area contributed by atoms with Crippen molar-refractivity contribution < 1.29 is 14.3 Å². The van der Waals surface area contributed by atoms with Crippen LogP contribution in [0.5, 0.6) is 0 Å². The van der Waals surface area contributed by atoms with Gasteiger partial charge in [-0.3, -0.25) is 9.36 Å². The molecule has 2 aromatic heterocycles. The summed E-state index contributed by atoms with van der Waals surface area (Å²) in [6.45, 7) is 3.53. The van der Waals surface area contributed by atoms with Crippen LogP contribution in [0.4, 0.5) is 0 Å². The predicted octanol–water partition coefficient (Wildman–Crippen LogP) is 3.06. The Morgan fingerprint density at radius 3 is 2.82 bits per heavy atom. The number of carbonyl (C=O) groups excluding carboxylic acids is 2. The highest BCUT2D eigenvalue weighted by Gasteiger charge is 2.35. The van der Waals surface area contributed by atoms with Crippen LogP contribution in [-0.4, -0.2) is 33.6 Å². The highest BCUT2D eigenvalue weighted by atomic mass is 32.1. The Labute approximate surface area is 167 Å². The lowest BCUT2D eigenvalue weighted by Crippen LogP contribution is -2.46. The van der Waals surface area contributed by atoms with E-state index in [1.807, 2.05) is 29.9 Å². The van der Waals surface area contributed by atoms with Crippen LogP contribution in [0.2, 0.25) is 0 Å². The Balaban J connectivity index is 1.57. The number of hydrogen-bond acceptors (Lipinski definition) is 6. The second kappa shape index (κ2) is 8.40. The van der Waals surface area contributed by atoms with E-state index in [0.29, 0.717) is 12.8 Å². The summed E-state index contributed by atoms with van der Waals surface area (Å²) in [5.41, 5.74) is 2.04. The summed E-state index contributed by atoms with van der Waals surface area (Å²) < 4.78 is 7.03. The Kier molecular flexibility index (Phi) is 5.95. The number of aryl methyl sites for hydroxylation is 1. The largest absolute Gasteiger partial charge is 0.452 e. The molecule has 0 spiro atoms. The molecule has 2 heterocycles. The number of ether oxygens (including phenoxy) is 1. The molecule has 1 saturated carbocycles. The predicted molar refractivity (Wildman–Crippen MR) is 106 cm³/mol. The summed E-state index contributed by atoms with van der Waals surface area (Å²) in [6.07, 6.45) is 7.82. The van der Waals surface area contributed by atoms with E-state index in [-0.39, 0.29) is 0 Å². The fourth-order valence-electron chi connectivity index (χ4n) is 3.47. The topological polar surface area (TPSA) is 97.0 Å². The number of nitrogens with one attached hydrogen (secondary N) is 1. The van der Waals surface area contributed by atoms with Gasteiger partial charge in [0.15, 0.2) is 11.7 Å². The zero-order chi connectivity index (χ0) is 20.1. The minimum Gasteiger partial charge on any atom is -0.452 e. The van der Waals surface area contributed by atoms with E-state index in [2.05, 4.69) is 16.4 Å². The van der Waals surface area contributed by atoms with Crippen LogP contribution in [0.1, 0.15) is 42.6 Å². The standard InChI is InChI=1S/C20H22N4O3S/c1-14-11-16(15(2)24(14)19-22-9-10-28-19)5-6-18(26)27-12-17(25)23-20(13-21)7-3-4-8-20/h5-6,9-11H,3-4,7-8,12H2,1-2H3,(H,23,25)/b6-5+. The zero-order valence-electron chi connectivity index (χ0n) is 15.9. The average molecular weight is 398 g/mol. The molecule has 0 aromatic carbocycles. The van der Waals surface area contributed by atoms with Gasteiger partial charge in [0.05, 0.1) is 6.07 Å². The molecule has 1 amide bonds. The number of aromatic nitrogens is 2. The molecule has 2 aromatic rings. The van der Waals surface area contributed by atoms with Crippen LogP contribution < -0.4 is 5.32 Å². The first kappa shape index (κ1) is 19.8. The lowest BCUT2D eigenvalue weighted by molar-refractivity contribution is -0.144. The van der Waals surface area contributed by atoms with Crippen LogP contribution in [-0.2, 0) is 14.3 Å². The minimum absolute atomic E-state index is 0.398. The van der Waals surface area contributed by atoms with Gasteiger partial charge in [-0.05, 0) is 57.2 Å². The highest BCUT2D eigenvalue weighted by molar-refractivity contribution is 7.12. The van der Waals surface area contributed by atoms with Crippen LogP contribution in [0.15, 0.2) is 23.7 Å². The third-order valence-electron chi connectivity index (χ3n) is 4.88. The maximum atomic E-state index is 12.0. The van der Waals surface area contributed by atoms with E-state index in [1.165, 1.54) is 17.4 Å². The van der Waals surface area contributed by atoms with E-state index in [1.54, 1.807) is 12.3 Å². The number of carbonyl (C=O) groups is 2. The highest BCUT2D eigenvalue weighted by Crippen LogP contribution is 2.28. The maximum absolute atomic E-state index is 12.0. The molecule has 1 fully saturated rings. The molecule has 8 heteroatoms. The number of nitriles is 1. The fourth-order valence-corrected chi connectivity index (χ4v) is 4.22. The second-order valence-corrected chi connectivity index (χ2v) is 7.74. The van der Waals surface area contributed by atoms with Gasteiger partial charge in [-0.1, -0.05) is 0 Å². The number of thiazole rings is 1. The first-order chi connectivity index (χ1) is 13.4. The van der Waals surface area contributed by atoms with Crippen molar-refractivity contribution in [3.8, 4) is 11.2 Å². The number of rotatable bonds is 6. The summed E-state index contributed by atoms with van der Waals surface area (Å²) in [6, 6.07) is 4.14. The van der Waals surface area contributed by atoms with E-state index in [4.69, 9.17) is 4.74 Å². The summed E-state index contributed by atoms with van der Waals surface area (Å²) in [7, 11) is 0. The van der Waals surface area contributed by atoms with E-state index >= 15 is 0 Å². The van der Waals surface area contributed by atoms with Crippen molar-refractivity contribution in [1.29, 1.82) is 5.26 Å². The number of hydrogen-bond donors (Lipinski definition) is 1. The molecule has 0 unspecified atom stereocenters. The van der Waals surface area contributed by atoms with Crippen molar-refractivity contribution in [2.45, 2.75) is 45.1 Å². The Bertz CT molecular complexity index is 932. The minimum atomic E-state index is -0.813. The molecule has 0 atom stereocenters. The summed E-state index contributed by atoms with van der Waals surface area (Å²) in [5, 5.41) is 14.8. The smallest absolute Gasteiger partial charge is 0.331 e. The molecule has 1 N–H and O–H groups in total. The molecule has 0 saturated heterocycles. The SMILES string of the molecule is Cc1cc(/C=C/C(=O)OCC(=O)NC2(C#N)CCCC2)c(C)n1-c1nccs1. The van der Waals surface area contributed by atoms with Crippen molar-refractivity contribution in [2.24, 2.45) is 0 Å². The van der Waals surface area contributed by atoms with Gasteiger partial charge in [0.25, 0.3) is 5.91 Å². The molecular formula is C20H22N4O3S. The molecule has 7 nitrogen and oxygen atoms in total. The summed E-state index contributed by atoms with van der Waals surface area (Å²) in [4.78, 5) is 28.3.